The number of nitrogen functional groups attached to an aromatic ring is 1. The summed E-state index contributed by atoms with van der Waals surface area (Å²) in [5.41, 5.74) is 12.1. The summed E-state index contributed by atoms with van der Waals surface area (Å²) in [5, 5.41) is 10.5. The van der Waals surface area contributed by atoms with Crippen LogP contribution in [0.3, 0.4) is 0 Å². The topological polar surface area (TPSA) is 104 Å². The van der Waals surface area contributed by atoms with Gasteiger partial charge in [-0.1, -0.05) is 31.3 Å². The SMILES string of the molecule is Cc1cc(S(=O)(=O)O)ccc1C1=C2C=CC(=N)C=C2[Si](C)(C)c2cc(N)ccc21. The van der Waals surface area contributed by atoms with Crippen LogP contribution in [0.5, 0.6) is 0 Å². The van der Waals surface area contributed by atoms with E-state index in [9.17, 15) is 13.0 Å². The normalized spacial score (nSPS) is 17.7. The number of hydrogen-bond acceptors (Lipinski definition) is 4. The third kappa shape index (κ3) is 3.11. The summed E-state index contributed by atoms with van der Waals surface area (Å²) in [7, 11) is -6.35. The van der Waals surface area contributed by atoms with E-state index in [2.05, 4.69) is 13.1 Å². The second kappa shape index (κ2) is 6.38. The average Bonchev–Trinajstić information content (AvgIpc) is 2.63. The van der Waals surface area contributed by atoms with Crippen LogP contribution < -0.4 is 10.9 Å². The molecule has 1 heterocycles. The molecule has 0 radical (unpaired) electrons. The Balaban J connectivity index is 2.08. The number of nitrogens with one attached hydrogen (secondary N) is 1. The monoisotopic (exact) mass is 422 g/mol. The van der Waals surface area contributed by atoms with Crippen molar-refractivity contribution in [2.24, 2.45) is 0 Å². The summed E-state index contributed by atoms with van der Waals surface area (Å²) in [6.07, 6.45) is 5.71. The Bertz CT molecular complexity index is 1290. The summed E-state index contributed by atoms with van der Waals surface area (Å²) >= 11 is 0. The molecular formula is C22H22N2O3SSi. The largest absolute Gasteiger partial charge is 0.399 e. The van der Waals surface area contributed by atoms with E-state index in [0.717, 1.165) is 33.0 Å². The minimum Gasteiger partial charge on any atom is -0.399 e. The molecule has 29 heavy (non-hydrogen) atoms. The Morgan fingerprint density at radius 1 is 1.03 bits per heavy atom. The van der Waals surface area contributed by atoms with E-state index in [-0.39, 0.29) is 4.90 Å². The molecule has 2 aromatic rings. The summed E-state index contributed by atoms with van der Waals surface area (Å²) in [6.45, 7) is 6.35. The van der Waals surface area contributed by atoms with Crippen LogP contribution in [0.1, 0.15) is 16.7 Å². The predicted octanol–water partition coefficient (Wildman–Crippen LogP) is 3.61. The van der Waals surface area contributed by atoms with Crippen molar-refractivity contribution in [3.8, 4) is 0 Å². The molecule has 0 atom stereocenters. The molecule has 5 nitrogen and oxygen atoms in total. The van der Waals surface area contributed by atoms with Crippen LogP contribution in [0.25, 0.3) is 5.57 Å². The first-order chi connectivity index (χ1) is 13.5. The maximum absolute atomic E-state index is 11.5. The summed E-state index contributed by atoms with van der Waals surface area (Å²) in [5.74, 6) is 0. The van der Waals surface area contributed by atoms with Gasteiger partial charge >= 0.3 is 0 Å². The number of nitrogens with two attached hydrogens (primary N) is 1. The van der Waals surface area contributed by atoms with Crippen molar-refractivity contribution in [1.29, 1.82) is 5.41 Å². The fourth-order valence-corrected chi connectivity index (χ4v) is 7.90. The van der Waals surface area contributed by atoms with Crippen molar-refractivity contribution >= 4 is 40.4 Å². The highest BCUT2D eigenvalue weighted by molar-refractivity contribution is 7.85. The maximum Gasteiger partial charge on any atom is 0.294 e. The van der Waals surface area contributed by atoms with Crippen LogP contribution >= 0.6 is 0 Å². The van der Waals surface area contributed by atoms with E-state index >= 15 is 0 Å². The minimum absolute atomic E-state index is 0.121. The Labute approximate surface area is 171 Å². The van der Waals surface area contributed by atoms with E-state index in [4.69, 9.17) is 11.1 Å². The Morgan fingerprint density at radius 2 is 1.72 bits per heavy atom. The van der Waals surface area contributed by atoms with Gasteiger partial charge in [-0.3, -0.25) is 4.55 Å². The number of rotatable bonds is 2. The van der Waals surface area contributed by atoms with Crippen molar-refractivity contribution in [2.75, 3.05) is 5.73 Å². The van der Waals surface area contributed by atoms with Crippen molar-refractivity contribution < 1.29 is 13.0 Å². The molecule has 1 aliphatic carbocycles. The quantitative estimate of drug-likeness (QED) is 0.391. The average molecular weight is 423 g/mol. The van der Waals surface area contributed by atoms with Gasteiger partial charge in [0.2, 0.25) is 0 Å². The van der Waals surface area contributed by atoms with Gasteiger partial charge in [-0.15, -0.1) is 0 Å². The Hall–Kier alpha value is -2.74. The molecule has 4 N–H and O–H groups in total. The molecule has 4 rings (SSSR count). The van der Waals surface area contributed by atoms with Gasteiger partial charge in [0.05, 0.1) is 10.6 Å². The Kier molecular flexibility index (Phi) is 4.31. The van der Waals surface area contributed by atoms with Gasteiger partial charge in [0.15, 0.2) is 0 Å². The van der Waals surface area contributed by atoms with Crippen LogP contribution in [0.4, 0.5) is 5.69 Å². The lowest BCUT2D eigenvalue weighted by molar-refractivity contribution is 0.483. The zero-order chi connectivity index (χ0) is 21.1. The lowest BCUT2D eigenvalue weighted by Crippen LogP contribution is -2.49. The van der Waals surface area contributed by atoms with Gasteiger partial charge in [-0.2, -0.15) is 8.42 Å². The zero-order valence-corrected chi connectivity index (χ0v) is 18.3. The van der Waals surface area contributed by atoms with Gasteiger partial charge in [-0.25, -0.2) is 0 Å². The van der Waals surface area contributed by atoms with E-state index in [1.165, 1.54) is 17.3 Å². The third-order valence-corrected chi connectivity index (χ3v) is 10.1. The van der Waals surface area contributed by atoms with Crippen molar-refractivity contribution in [2.45, 2.75) is 24.9 Å². The zero-order valence-electron chi connectivity index (χ0n) is 16.4. The van der Waals surface area contributed by atoms with Gasteiger partial charge < -0.3 is 11.1 Å². The molecule has 0 spiro atoms. The second-order valence-electron chi connectivity index (χ2n) is 8.02. The molecule has 148 valence electrons. The molecule has 0 saturated heterocycles. The molecule has 1 aliphatic heterocycles. The number of fused-ring (bicyclic) bond motifs is 2. The number of aryl methyl sites for hydroxylation is 1. The summed E-state index contributed by atoms with van der Waals surface area (Å²) in [6, 6.07) is 10.6. The lowest BCUT2D eigenvalue weighted by atomic mass is 9.87. The second-order valence-corrected chi connectivity index (χ2v) is 13.8. The number of hydrogen-bond donors (Lipinski definition) is 3. The van der Waals surface area contributed by atoms with Crippen LogP contribution in [-0.4, -0.2) is 26.8 Å². The highest BCUT2D eigenvalue weighted by Gasteiger charge is 2.39. The molecule has 7 heteroatoms. The first-order valence-electron chi connectivity index (χ1n) is 9.22. The molecule has 0 amide bonds. The van der Waals surface area contributed by atoms with Crippen LogP contribution in [-0.2, 0) is 10.1 Å². The van der Waals surface area contributed by atoms with Gasteiger partial charge in [0, 0.05) is 5.69 Å². The van der Waals surface area contributed by atoms with Crippen LogP contribution in [0.15, 0.2) is 70.3 Å². The maximum atomic E-state index is 11.5. The highest BCUT2D eigenvalue weighted by Crippen LogP contribution is 2.42. The smallest absolute Gasteiger partial charge is 0.294 e. The van der Waals surface area contributed by atoms with Crippen LogP contribution in [0.2, 0.25) is 13.1 Å². The molecule has 0 unspecified atom stereocenters. The van der Waals surface area contributed by atoms with E-state index < -0.39 is 18.2 Å². The fourth-order valence-electron chi connectivity index (χ4n) is 4.23. The standard InChI is InChI=1S/C22H22N2O3SSi/c1-13-10-16(28(25,26)27)6-9-17(13)22-18-7-4-14(23)11-20(18)29(2,3)21-12-15(24)5-8-19(21)22/h4-12,23H,24H2,1-3H3,(H,25,26,27). The summed E-state index contributed by atoms with van der Waals surface area (Å²) < 4.78 is 32.5. The van der Waals surface area contributed by atoms with E-state index in [1.54, 1.807) is 12.1 Å². The first-order valence-corrected chi connectivity index (χ1v) is 13.7. The third-order valence-electron chi connectivity index (χ3n) is 5.71. The molecule has 2 aliphatic rings. The molecule has 2 aromatic carbocycles. The van der Waals surface area contributed by atoms with Crippen LogP contribution in [0, 0.1) is 12.3 Å². The number of allylic oxidation sites excluding steroid dienone is 5. The Morgan fingerprint density at radius 3 is 2.38 bits per heavy atom. The van der Waals surface area contributed by atoms with E-state index in [0.29, 0.717) is 11.4 Å². The van der Waals surface area contributed by atoms with Crippen molar-refractivity contribution in [3.63, 3.8) is 0 Å². The van der Waals surface area contributed by atoms with Crippen molar-refractivity contribution in [1.82, 2.24) is 0 Å². The fraction of sp³-hybridized carbons (Fsp3) is 0.136. The predicted molar refractivity (Wildman–Crippen MR) is 120 cm³/mol. The summed E-state index contributed by atoms with van der Waals surface area (Å²) in [4.78, 5) is -0.121. The van der Waals surface area contributed by atoms with Gasteiger partial charge in [0.25, 0.3) is 10.1 Å². The molecule has 0 bridgehead atoms. The molecular weight excluding hydrogens is 400 g/mol. The van der Waals surface area contributed by atoms with Gasteiger partial charge in [0.1, 0.15) is 8.07 Å². The number of benzene rings is 2. The van der Waals surface area contributed by atoms with Crippen molar-refractivity contribution in [3.05, 3.63) is 82.1 Å². The molecule has 0 saturated carbocycles. The minimum atomic E-state index is -4.27. The van der Waals surface area contributed by atoms with E-state index in [1.807, 2.05) is 37.3 Å². The first kappa shape index (κ1) is 19.6. The molecule has 0 fully saturated rings. The number of anilines is 1. The molecule has 0 aromatic heterocycles. The lowest BCUT2D eigenvalue weighted by Gasteiger charge is -2.38. The van der Waals surface area contributed by atoms with Gasteiger partial charge in [-0.05, 0) is 81.6 Å². The highest BCUT2D eigenvalue weighted by atomic mass is 32.2.